The summed E-state index contributed by atoms with van der Waals surface area (Å²) in [5, 5.41) is 12.7. The first-order valence-corrected chi connectivity index (χ1v) is 11.3. The van der Waals surface area contributed by atoms with Crippen LogP contribution in [-0.2, 0) is 10.0 Å². The number of hydrogen-bond acceptors (Lipinski definition) is 8. The lowest BCUT2D eigenvalue weighted by Crippen LogP contribution is -2.15. The number of benzene rings is 1. The van der Waals surface area contributed by atoms with Gasteiger partial charge in [-0.2, -0.15) is 14.9 Å². The fourth-order valence-electron chi connectivity index (χ4n) is 3.01. The van der Waals surface area contributed by atoms with Gasteiger partial charge in [0.1, 0.15) is 11.5 Å². The summed E-state index contributed by atoms with van der Waals surface area (Å²) in [6.45, 7) is 3.46. The fraction of sp³-hybridized carbons (Fsp3) is 0.0909. The lowest BCUT2D eigenvalue weighted by atomic mass is 10.2. The maximum atomic E-state index is 12.7. The van der Waals surface area contributed by atoms with Crippen molar-refractivity contribution in [1.29, 1.82) is 0 Å². The molecule has 3 heterocycles. The molecule has 4 rings (SSSR count). The zero-order valence-electron chi connectivity index (χ0n) is 17.7. The van der Waals surface area contributed by atoms with Crippen molar-refractivity contribution >= 4 is 33.1 Å². The maximum absolute atomic E-state index is 12.7. The summed E-state index contributed by atoms with van der Waals surface area (Å²) in [4.78, 5) is 20.6. The Hall–Kier alpha value is -4.25. The van der Waals surface area contributed by atoms with Crippen molar-refractivity contribution in [3.8, 4) is 0 Å². The number of carbonyl (C=O) groups excluding carboxylic acids is 1. The van der Waals surface area contributed by atoms with E-state index in [-0.39, 0.29) is 16.6 Å². The smallest absolute Gasteiger partial charge is 0.267 e. The highest BCUT2D eigenvalue weighted by Gasteiger charge is 2.18. The molecule has 4 aromatic rings. The van der Waals surface area contributed by atoms with Gasteiger partial charge in [-0.15, -0.1) is 5.11 Å². The van der Waals surface area contributed by atoms with Gasteiger partial charge in [-0.05, 0) is 62.4 Å². The minimum absolute atomic E-state index is 0.0650. The SMILES string of the molecule is Cc1nn(C(=O)c2ccncc2)c(C)c1N=Nc1ccc(S(=O)(=O)Nc2ccccn2)cc1. The summed E-state index contributed by atoms with van der Waals surface area (Å²) >= 11 is 0. The summed E-state index contributed by atoms with van der Waals surface area (Å²) in [6.07, 6.45) is 4.57. The van der Waals surface area contributed by atoms with Crippen LogP contribution in [0.15, 0.2) is 88.3 Å². The number of anilines is 1. The van der Waals surface area contributed by atoms with Crippen molar-refractivity contribution in [2.24, 2.45) is 10.2 Å². The van der Waals surface area contributed by atoms with Gasteiger partial charge >= 0.3 is 0 Å². The number of carbonyl (C=O) groups is 1. The lowest BCUT2D eigenvalue weighted by Gasteiger charge is -2.06. The minimum Gasteiger partial charge on any atom is -0.267 e. The van der Waals surface area contributed by atoms with E-state index in [0.717, 1.165) is 0 Å². The van der Waals surface area contributed by atoms with E-state index in [1.807, 2.05) is 0 Å². The number of azo groups is 1. The fourth-order valence-corrected chi connectivity index (χ4v) is 4.02. The van der Waals surface area contributed by atoms with E-state index in [9.17, 15) is 13.2 Å². The molecule has 0 aliphatic heterocycles. The summed E-state index contributed by atoms with van der Waals surface area (Å²) in [7, 11) is -3.78. The summed E-state index contributed by atoms with van der Waals surface area (Å²) in [5.74, 6) is -0.0695. The Labute approximate surface area is 190 Å². The second kappa shape index (κ2) is 9.09. The molecule has 0 unspecified atom stereocenters. The van der Waals surface area contributed by atoms with E-state index in [0.29, 0.717) is 28.3 Å². The minimum atomic E-state index is -3.78. The lowest BCUT2D eigenvalue weighted by molar-refractivity contribution is 0.0942. The average Bonchev–Trinajstić information content (AvgIpc) is 3.11. The number of sulfonamides is 1. The molecule has 10 nitrogen and oxygen atoms in total. The number of nitrogens with zero attached hydrogens (tertiary/aromatic N) is 6. The Balaban J connectivity index is 1.53. The molecule has 0 saturated carbocycles. The zero-order valence-corrected chi connectivity index (χ0v) is 18.6. The van der Waals surface area contributed by atoms with Crippen LogP contribution in [0, 0.1) is 13.8 Å². The third kappa shape index (κ3) is 4.83. The molecular weight excluding hydrogens is 442 g/mol. The van der Waals surface area contributed by atoms with Gasteiger partial charge in [0, 0.05) is 24.2 Å². The topological polar surface area (TPSA) is 132 Å². The Morgan fingerprint density at radius 2 is 1.67 bits per heavy atom. The third-order valence-electron chi connectivity index (χ3n) is 4.69. The van der Waals surface area contributed by atoms with Gasteiger partial charge < -0.3 is 0 Å². The van der Waals surface area contributed by atoms with Crippen LogP contribution < -0.4 is 4.72 Å². The molecule has 3 aromatic heterocycles. The number of hydrogen-bond donors (Lipinski definition) is 1. The van der Waals surface area contributed by atoms with Gasteiger partial charge in [-0.1, -0.05) is 6.07 Å². The van der Waals surface area contributed by atoms with Crippen molar-refractivity contribution in [3.63, 3.8) is 0 Å². The predicted molar refractivity (Wildman–Crippen MR) is 121 cm³/mol. The van der Waals surface area contributed by atoms with Gasteiger partial charge in [0.25, 0.3) is 15.9 Å². The Kier molecular flexibility index (Phi) is 6.05. The van der Waals surface area contributed by atoms with E-state index < -0.39 is 10.0 Å². The van der Waals surface area contributed by atoms with E-state index >= 15 is 0 Å². The predicted octanol–water partition coefficient (Wildman–Crippen LogP) is 4.19. The van der Waals surface area contributed by atoms with Crippen molar-refractivity contribution in [2.45, 2.75) is 18.7 Å². The van der Waals surface area contributed by atoms with Gasteiger partial charge in [0.15, 0.2) is 0 Å². The molecule has 0 aliphatic carbocycles. The van der Waals surface area contributed by atoms with E-state index in [4.69, 9.17) is 0 Å². The second-order valence-electron chi connectivity index (χ2n) is 6.99. The Bertz CT molecular complexity index is 1420. The van der Waals surface area contributed by atoms with Gasteiger partial charge in [-0.3, -0.25) is 14.5 Å². The van der Waals surface area contributed by atoms with Crippen molar-refractivity contribution in [1.82, 2.24) is 19.7 Å². The van der Waals surface area contributed by atoms with Gasteiger partial charge in [0.05, 0.1) is 22.0 Å². The van der Waals surface area contributed by atoms with Crippen LogP contribution in [0.5, 0.6) is 0 Å². The maximum Gasteiger partial charge on any atom is 0.278 e. The van der Waals surface area contributed by atoms with Crippen molar-refractivity contribution in [2.75, 3.05) is 4.72 Å². The quantitative estimate of drug-likeness (QED) is 0.428. The standard InChI is InChI=1S/C22H19N7O3S/c1-15-21(16(2)29(27-15)22(30)17-10-13-23-14-11-17)26-25-18-6-8-19(9-7-18)33(31,32)28-20-5-3-4-12-24-20/h3-14H,1-2H3,(H,24,28). The molecule has 0 aliphatic rings. The first-order valence-electron chi connectivity index (χ1n) is 9.82. The molecular formula is C22H19N7O3S. The van der Waals surface area contributed by atoms with Gasteiger partial charge in [0.2, 0.25) is 0 Å². The summed E-state index contributed by atoms with van der Waals surface area (Å²) < 4.78 is 28.7. The zero-order chi connectivity index (χ0) is 23.4. The molecule has 0 fully saturated rings. The first-order chi connectivity index (χ1) is 15.8. The van der Waals surface area contributed by atoms with Crippen molar-refractivity contribution < 1.29 is 13.2 Å². The largest absolute Gasteiger partial charge is 0.278 e. The van der Waals surface area contributed by atoms with Gasteiger partial charge in [-0.25, -0.2) is 13.4 Å². The highest BCUT2D eigenvalue weighted by Crippen LogP contribution is 2.27. The molecule has 1 aromatic carbocycles. The van der Waals surface area contributed by atoms with E-state index in [2.05, 4.69) is 30.0 Å². The number of aromatic nitrogens is 4. The average molecular weight is 462 g/mol. The summed E-state index contributed by atoms with van der Waals surface area (Å²) in [6, 6.07) is 14.1. The number of pyridine rings is 2. The van der Waals surface area contributed by atoms with E-state index in [1.165, 1.54) is 47.5 Å². The Morgan fingerprint density at radius 1 is 0.939 bits per heavy atom. The van der Waals surface area contributed by atoms with Crippen LogP contribution in [0.1, 0.15) is 21.7 Å². The van der Waals surface area contributed by atoms with Crippen LogP contribution in [0.25, 0.3) is 0 Å². The number of aryl methyl sites for hydroxylation is 1. The summed E-state index contributed by atoms with van der Waals surface area (Å²) in [5.41, 5.74) is 2.44. The van der Waals surface area contributed by atoms with Crippen LogP contribution in [-0.4, -0.2) is 34.1 Å². The second-order valence-corrected chi connectivity index (χ2v) is 8.67. The van der Waals surface area contributed by atoms with E-state index in [1.54, 1.807) is 44.2 Å². The highest BCUT2D eigenvalue weighted by atomic mass is 32.2. The first kappa shape index (κ1) is 22.0. The normalized spacial score (nSPS) is 11.6. The molecule has 0 radical (unpaired) electrons. The van der Waals surface area contributed by atoms with Crippen LogP contribution in [0.4, 0.5) is 17.2 Å². The van der Waals surface area contributed by atoms with Crippen molar-refractivity contribution in [3.05, 3.63) is 90.1 Å². The molecule has 0 saturated heterocycles. The molecule has 166 valence electrons. The molecule has 0 bridgehead atoms. The van der Waals surface area contributed by atoms with Crippen LogP contribution in [0.2, 0.25) is 0 Å². The van der Waals surface area contributed by atoms with Crippen LogP contribution >= 0.6 is 0 Å². The molecule has 0 atom stereocenters. The third-order valence-corrected chi connectivity index (χ3v) is 6.06. The number of rotatable bonds is 6. The number of nitrogens with one attached hydrogen (secondary N) is 1. The molecule has 1 N–H and O–H groups in total. The Morgan fingerprint density at radius 3 is 2.33 bits per heavy atom. The molecule has 0 amide bonds. The van der Waals surface area contributed by atoms with Crippen LogP contribution in [0.3, 0.4) is 0 Å². The molecule has 11 heteroatoms. The highest BCUT2D eigenvalue weighted by molar-refractivity contribution is 7.92. The molecule has 33 heavy (non-hydrogen) atoms. The molecule has 0 spiro atoms. The monoisotopic (exact) mass is 461 g/mol.